The highest BCUT2D eigenvalue weighted by Gasteiger charge is 2.24. The van der Waals surface area contributed by atoms with Crippen molar-refractivity contribution in [1.29, 1.82) is 0 Å². The standard InChI is InChI=1S/C19H17Cl2N3O2S/c1-26-15-3-2-4-16-17(15)22-19(27-16)24-7-5-23(6-8-24)18(25)12-9-13(20)11-14(21)10-12/h2-4,9-11H,5-8H2,1H3. The predicted octanol–water partition coefficient (Wildman–Crippen LogP) is 4.57. The molecule has 0 spiro atoms. The van der Waals surface area contributed by atoms with Crippen molar-refractivity contribution in [3.63, 3.8) is 0 Å². The van der Waals surface area contributed by atoms with Gasteiger partial charge >= 0.3 is 0 Å². The van der Waals surface area contributed by atoms with Crippen LogP contribution in [0.3, 0.4) is 0 Å². The number of benzene rings is 2. The second kappa shape index (κ2) is 7.54. The molecule has 140 valence electrons. The number of hydrogen-bond acceptors (Lipinski definition) is 5. The van der Waals surface area contributed by atoms with Gasteiger partial charge in [0.2, 0.25) is 0 Å². The maximum absolute atomic E-state index is 12.7. The minimum absolute atomic E-state index is 0.0509. The van der Waals surface area contributed by atoms with E-state index in [1.54, 1.807) is 36.6 Å². The maximum Gasteiger partial charge on any atom is 0.254 e. The van der Waals surface area contributed by atoms with E-state index in [-0.39, 0.29) is 5.91 Å². The summed E-state index contributed by atoms with van der Waals surface area (Å²) in [5.41, 5.74) is 1.40. The summed E-state index contributed by atoms with van der Waals surface area (Å²) in [7, 11) is 1.65. The molecule has 8 heteroatoms. The molecule has 1 fully saturated rings. The summed E-state index contributed by atoms with van der Waals surface area (Å²) in [5, 5.41) is 1.88. The van der Waals surface area contributed by atoms with E-state index in [0.717, 1.165) is 34.2 Å². The SMILES string of the molecule is COc1cccc2sc(N3CCN(C(=O)c4cc(Cl)cc(Cl)c4)CC3)nc12. The van der Waals surface area contributed by atoms with Crippen LogP contribution in [0.2, 0.25) is 10.0 Å². The Balaban J connectivity index is 1.48. The molecule has 1 aliphatic rings. The molecule has 0 aliphatic carbocycles. The number of aromatic nitrogens is 1. The third-order valence-corrected chi connectivity index (χ3v) is 6.06. The Morgan fingerprint density at radius 1 is 1.11 bits per heavy atom. The molecular weight excluding hydrogens is 405 g/mol. The number of anilines is 1. The first-order valence-electron chi connectivity index (χ1n) is 8.49. The number of carbonyl (C=O) groups is 1. The number of halogens is 2. The van der Waals surface area contributed by atoms with Crippen molar-refractivity contribution in [3.05, 3.63) is 52.0 Å². The van der Waals surface area contributed by atoms with Crippen LogP contribution in [-0.2, 0) is 0 Å². The van der Waals surface area contributed by atoms with Gasteiger partial charge in [-0.25, -0.2) is 4.98 Å². The number of rotatable bonds is 3. The third-order valence-electron chi connectivity index (χ3n) is 4.54. The largest absolute Gasteiger partial charge is 0.494 e. The highest BCUT2D eigenvalue weighted by Crippen LogP contribution is 2.34. The van der Waals surface area contributed by atoms with Gasteiger partial charge in [-0.15, -0.1) is 0 Å². The number of hydrogen-bond donors (Lipinski definition) is 0. The summed E-state index contributed by atoms with van der Waals surface area (Å²) >= 11 is 13.7. The number of carbonyl (C=O) groups excluding carboxylic acids is 1. The normalized spacial score (nSPS) is 14.6. The molecule has 0 bridgehead atoms. The average Bonchev–Trinajstić information content (AvgIpc) is 3.11. The molecule has 0 N–H and O–H groups in total. The van der Waals surface area contributed by atoms with E-state index < -0.39 is 0 Å². The van der Waals surface area contributed by atoms with E-state index in [2.05, 4.69) is 4.90 Å². The lowest BCUT2D eigenvalue weighted by Gasteiger charge is -2.34. The number of amides is 1. The zero-order valence-electron chi connectivity index (χ0n) is 14.6. The fourth-order valence-corrected chi connectivity index (χ4v) is 4.73. The molecule has 0 atom stereocenters. The molecular formula is C19H17Cl2N3O2S. The zero-order chi connectivity index (χ0) is 19.0. The smallest absolute Gasteiger partial charge is 0.254 e. The van der Waals surface area contributed by atoms with Gasteiger partial charge in [0, 0.05) is 41.8 Å². The van der Waals surface area contributed by atoms with E-state index in [9.17, 15) is 4.79 Å². The van der Waals surface area contributed by atoms with E-state index >= 15 is 0 Å². The first-order valence-corrected chi connectivity index (χ1v) is 10.1. The number of nitrogens with zero attached hydrogens (tertiary/aromatic N) is 3. The van der Waals surface area contributed by atoms with Crippen LogP contribution in [0.4, 0.5) is 5.13 Å². The molecule has 3 aromatic rings. The van der Waals surface area contributed by atoms with Crippen LogP contribution in [0.15, 0.2) is 36.4 Å². The monoisotopic (exact) mass is 421 g/mol. The number of methoxy groups -OCH3 is 1. The molecule has 2 aromatic carbocycles. The quantitative estimate of drug-likeness (QED) is 0.620. The molecule has 27 heavy (non-hydrogen) atoms. The van der Waals surface area contributed by atoms with Crippen LogP contribution in [0.5, 0.6) is 5.75 Å². The highest BCUT2D eigenvalue weighted by atomic mass is 35.5. The number of ether oxygens (including phenoxy) is 1. The molecule has 5 nitrogen and oxygen atoms in total. The van der Waals surface area contributed by atoms with Crippen LogP contribution in [0.25, 0.3) is 10.2 Å². The third kappa shape index (κ3) is 3.70. The minimum atomic E-state index is -0.0509. The van der Waals surface area contributed by atoms with Crippen molar-refractivity contribution in [2.45, 2.75) is 0 Å². The molecule has 1 saturated heterocycles. The van der Waals surface area contributed by atoms with Crippen molar-refractivity contribution < 1.29 is 9.53 Å². The Morgan fingerprint density at radius 3 is 2.48 bits per heavy atom. The fourth-order valence-electron chi connectivity index (χ4n) is 3.17. The van der Waals surface area contributed by atoms with Gasteiger partial charge in [0.25, 0.3) is 5.91 Å². The van der Waals surface area contributed by atoms with Gasteiger partial charge in [-0.1, -0.05) is 40.6 Å². The maximum atomic E-state index is 12.7. The first kappa shape index (κ1) is 18.3. The summed E-state index contributed by atoms with van der Waals surface area (Å²) < 4.78 is 6.49. The Hall–Kier alpha value is -2.02. The van der Waals surface area contributed by atoms with Gasteiger partial charge < -0.3 is 14.5 Å². The van der Waals surface area contributed by atoms with E-state index in [0.29, 0.717) is 28.7 Å². The summed E-state index contributed by atoms with van der Waals surface area (Å²) in [5.74, 6) is 0.728. The molecule has 1 aromatic heterocycles. The van der Waals surface area contributed by atoms with Crippen molar-refractivity contribution in [2.24, 2.45) is 0 Å². The molecule has 0 radical (unpaired) electrons. The summed E-state index contributed by atoms with van der Waals surface area (Å²) in [6.07, 6.45) is 0. The lowest BCUT2D eigenvalue weighted by Crippen LogP contribution is -2.48. The fraction of sp³-hybridized carbons (Fsp3) is 0.263. The Kier molecular flexibility index (Phi) is 5.12. The van der Waals surface area contributed by atoms with Gasteiger partial charge in [-0.3, -0.25) is 4.79 Å². The van der Waals surface area contributed by atoms with E-state index in [1.165, 1.54) is 0 Å². The zero-order valence-corrected chi connectivity index (χ0v) is 16.9. The molecule has 1 aliphatic heterocycles. The van der Waals surface area contributed by atoms with Crippen LogP contribution in [0, 0.1) is 0 Å². The van der Waals surface area contributed by atoms with Crippen LogP contribution in [-0.4, -0.2) is 49.1 Å². The predicted molar refractivity (Wildman–Crippen MR) is 111 cm³/mol. The second-order valence-electron chi connectivity index (χ2n) is 6.24. The number of fused-ring (bicyclic) bond motifs is 1. The Morgan fingerprint density at radius 2 is 1.81 bits per heavy atom. The lowest BCUT2D eigenvalue weighted by molar-refractivity contribution is 0.0747. The van der Waals surface area contributed by atoms with Crippen LogP contribution >= 0.6 is 34.5 Å². The van der Waals surface area contributed by atoms with Gasteiger partial charge in [0.05, 0.1) is 11.8 Å². The van der Waals surface area contributed by atoms with Crippen molar-refractivity contribution in [1.82, 2.24) is 9.88 Å². The molecule has 4 rings (SSSR count). The lowest BCUT2D eigenvalue weighted by atomic mass is 10.2. The first-order chi connectivity index (χ1) is 13.0. The summed E-state index contributed by atoms with van der Waals surface area (Å²) in [4.78, 5) is 21.5. The molecule has 0 unspecified atom stereocenters. The topological polar surface area (TPSA) is 45.7 Å². The minimum Gasteiger partial charge on any atom is -0.494 e. The Labute approximate surface area is 171 Å². The van der Waals surface area contributed by atoms with Gasteiger partial charge in [0.1, 0.15) is 11.3 Å². The Bertz CT molecular complexity index is 980. The number of para-hydroxylation sites is 1. The van der Waals surface area contributed by atoms with Crippen LogP contribution < -0.4 is 9.64 Å². The van der Waals surface area contributed by atoms with Gasteiger partial charge in [-0.05, 0) is 30.3 Å². The van der Waals surface area contributed by atoms with E-state index in [4.69, 9.17) is 32.9 Å². The molecule has 1 amide bonds. The number of thiazole rings is 1. The van der Waals surface area contributed by atoms with Crippen LogP contribution in [0.1, 0.15) is 10.4 Å². The van der Waals surface area contributed by atoms with Crippen molar-refractivity contribution in [2.75, 3.05) is 38.2 Å². The summed E-state index contributed by atoms with van der Waals surface area (Å²) in [6, 6.07) is 10.9. The number of piperazine rings is 1. The van der Waals surface area contributed by atoms with E-state index in [1.807, 2.05) is 23.1 Å². The highest BCUT2D eigenvalue weighted by molar-refractivity contribution is 7.22. The van der Waals surface area contributed by atoms with Crippen molar-refractivity contribution >= 4 is 55.8 Å². The molecule has 2 heterocycles. The van der Waals surface area contributed by atoms with Gasteiger partial charge in [-0.2, -0.15) is 0 Å². The molecule has 0 saturated carbocycles. The van der Waals surface area contributed by atoms with Crippen molar-refractivity contribution in [3.8, 4) is 5.75 Å². The summed E-state index contributed by atoms with van der Waals surface area (Å²) in [6.45, 7) is 2.69. The average molecular weight is 422 g/mol. The second-order valence-corrected chi connectivity index (χ2v) is 8.12. The van der Waals surface area contributed by atoms with Gasteiger partial charge in [0.15, 0.2) is 5.13 Å².